The van der Waals surface area contributed by atoms with Crippen molar-refractivity contribution in [1.29, 1.82) is 0 Å². The Kier molecular flexibility index (Phi) is 6.00. The molecule has 0 aliphatic rings. The summed E-state index contributed by atoms with van der Waals surface area (Å²) in [4.78, 5) is 13.9. The molecule has 0 bridgehead atoms. The van der Waals surface area contributed by atoms with E-state index in [1.54, 1.807) is 7.11 Å². The molecule has 23 heavy (non-hydrogen) atoms. The summed E-state index contributed by atoms with van der Waals surface area (Å²) < 4.78 is 10.6. The van der Waals surface area contributed by atoms with Crippen LogP contribution in [0.1, 0.15) is 0 Å². The van der Waals surface area contributed by atoms with Gasteiger partial charge in [0.2, 0.25) is 0 Å². The highest BCUT2D eigenvalue weighted by atomic mass is 16.5. The molecule has 5 nitrogen and oxygen atoms in total. The number of likely N-dealkylation sites (N-methyl/N-ethyl adjacent to an activating group) is 1. The third kappa shape index (κ3) is 4.72. The van der Waals surface area contributed by atoms with Crippen molar-refractivity contribution in [3.63, 3.8) is 0 Å². The van der Waals surface area contributed by atoms with Crippen LogP contribution in [0.15, 0.2) is 48.5 Å². The molecule has 0 heterocycles. The van der Waals surface area contributed by atoms with Crippen LogP contribution in [0.5, 0.6) is 5.75 Å². The molecule has 1 N–H and O–H groups in total. The van der Waals surface area contributed by atoms with Crippen LogP contribution in [0.4, 0.5) is 10.5 Å². The number of amides is 1. The highest BCUT2D eigenvalue weighted by Crippen LogP contribution is 2.34. The van der Waals surface area contributed by atoms with Crippen molar-refractivity contribution in [1.82, 2.24) is 4.90 Å². The Morgan fingerprint density at radius 3 is 2.39 bits per heavy atom. The number of benzene rings is 2. The molecule has 0 unspecified atom stereocenters. The number of rotatable bonds is 6. The van der Waals surface area contributed by atoms with Gasteiger partial charge in [-0.15, -0.1) is 0 Å². The lowest BCUT2D eigenvalue weighted by Gasteiger charge is -2.14. The van der Waals surface area contributed by atoms with Crippen molar-refractivity contribution in [2.24, 2.45) is 0 Å². The van der Waals surface area contributed by atoms with E-state index >= 15 is 0 Å². The van der Waals surface area contributed by atoms with Crippen molar-refractivity contribution in [3.05, 3.63) is 48.5 Å². The summed E-state index contributed by atoms with van der Waals surface area (Å²) in [5, 5.41) is 2.80. The molecule has 0 aliphatic heterocycles. The van der Waals surface area contributed by atoms with Crippen molar-refractivity contribution in [2.75, 3.05) is 39.7 Å². The smallest absolute Gasteiger partial charge is 0.411 e. The highest BCUT2D eigenvalue weighted by Gasteiger charge is 2.12. The molecule has 0 spiro atoms. The van der Waals surface area contributed by atoms with Crippen molar-refractivity contribution >= 4 is 11.8 Å². The lowest BCUT2D eigenvalue weighted by molar-refractivity contribution is 0.151. The Hall–Kier alpha value is -2.53. The highest BCUT2D eigenvalue weighted by molar-refractivity contribution is 5.92. The predicted molar refractivity (Wildman–Crippen MR) is 92.0 cm³/mol. The number of para-hydroxylation sites is 2. The van der Waals surface area contributed by atoms with Crippen molar-refractivity contribution < 1.29 is 14.3 Å². The average molecular weight is 314 g/mol. The van der Waals surface area contributed by atoms with Gasteiger partial charge in [-0.1, -0.05) is 36.4 Å². The Bertz CT molecular complexity index is 656. The fraction of sp³-hybridized carbons (Fsp3) is 0.278. The lowest BCUT2D eigenvalue weighted by atomic mass is 10.0. The number of methoxy groups -OCH3 is 1. The van der Waals surface area contributed by atoms with Crippen LogP contribution in [0.2, 0.25) is 0 Å². The van der Waals surface area contributed by atoms with Gasteiger partial charge in [-0.05, 0) is 26.2 Å². The summed E-state index contributed by atoms with van der Waals surface area (Å²) in [5.74, 6) is 0.753. The minimum absolute atomic E-state index is 0.343. The SMILES string of the molecule is COc1ccccc1-c1ccccc1NC(=O)OCCN(C)C. The van der Waals surface area contributed by atoms with E-state index in [0.29, 0.717) is 18.8 Å². The fourth-order valence-corrected chi connectivity index (χ4v) is 2.16. The number of nitrogens with zero attached hydrogens (tertiary/aromatic N) is 1. The Morgan fingerprint density at radius 1 is 1.04 bits per heavy atom. The summed E-state index contributed by atoms with van der Waals surface area (Å²) in [7, 11) is 5.49. The minimum Gasteiger partial charge on any atom is -0.496 e. The molecule has 5 heteroatoms. The van der Waals surface area contributed by atoms with E-state index in [1.165, 1.54) is 0 Å². The van der Waals surface area contributed by atoms with E-state index in [0.717, 1.165) is 16.9 Å². The van der Waals surface area contributed by atoms with E-state index in [2.05, 4.69) is 5.32 Å². The number of nitrogens with one attached hydrogen (secondary N) is 1. The van der Waals surface area contributed by atoms with E-state index < -0.39 is 6.09 Å². The monoisotopic (exact) mass is 314 g/mol. The van der Waals surface area contributed by atoms with Gasteiger partial charge in [-0.3, -0.25) is 5.32 Å². The molecular formula is C18H22N2O3. The summed E-state index contributed by atoms with van der Waals surface area (Å²) >= 11 is 0. The van der Waals surface area contributed by atoms with Crippen molar-refractivity contribution in [3.8, 4) is 16.9 Å². The number of ether oxygens (including phenoxy) is 2. The molecule has 0 aliphatic carbocycles. The molecule has 2 aromatic rings. The van der Waals surface area contributed by atoms with Crippen LogP contribution in [-0.4, -0.2) is 45.3 Å². The first-order valence-corrected chi connectivity index (χ1v) is 7.42. The maximum Gasteiger partial charge on any atom is 0.411 e. The van der Waals surface area contributed by atoms with Gasteiger partial charge in [0, 0.05) is 17.7 Å². The first-order chi connectivity index (χ1) is 11.1. The Morgan fingerprint density at radius 2 is 1.70 bits per heavy atom. The van der Waals surface area contributed by atoms with E-state index in [4.69, 9.17) is 9.47 Å². The molecule has 2 rings (SSSR count). The molecule has 122 valence electrons. The van der Waals surface area contributed by atoms with Gasteiger partial charge in [-0.25, -0.2) is 4.79 Å². The molecule has 1 amide bonds. The maximum atomic E-state index is 11.9. The van der Waals surface area contributed by atoms with Crippen LogP contribution >= 0.6 is 0 Å². The average Bonchev–Trinajstić information content (AvgIpc) is 2.55. The Balaban J connectivity index is 2.16. The largest absolute Gasteiger partial charge is 0.496 e. The predicted octanol–water partition coefficient (Wildman–Crippen LogP) is 3.47. The van der Waals surface area contributed by atoms with Gasteiger partial charge < -0.3 is 14.4 Å². The first-order valence-electron chi connectivity index (χ1n) is 7.42. The molecule has 2 aromatic carbocycles. The molecule has 0 atom stereocenters. The number of anilines is 1. The topological polar surface area (TPSA) is 50.8 Å². The van der Waals surface area contributed by atoms with E-state index in [-0.39, 0.29) is 0 Å². The number of hydrogen-bond donors (Lipinski definition) is 1. The van der Waals surface area contributed by atoms with Gasteiger partial charge in [0.1, 0.15) is 12.4 Å². The summed E-state index contributed by atoms with van der Waals surface area (Å²) in [6, 6.07) is 15.3. The van der Waals surface area contributed by atoms with Gasteiger partial charge in [-0.2, -0.15) is 0 Å². The number of carbonyl (C=O) groups excluding carboxylic acids is 1. The molecule has 0 fully saturated rings. The van der Waals surface area contributed by atoms with E-state index in [1.807, 2.05) is 67.5 Å². The van der Waals surface area contributed by atoms with Gasteiger partial charge in [0.15, 0.2) is 0 Å². The third-order valence-corrected chi connectivity index (χ3v) is 3.33. The summed E-state index contributed by atoms with van der Waals surface area (Å²) in [6.45, 7) is 1.03. The zero-order chi connectivity index (χ0) is 16.7. The van der Waals surface area contributed by atoms with Crippen molar-refractivity contribution in [2.45, 2.75) is 0 Å². The fourth-order valence-electron chi connectivity index (χ4n) is 2.16. The molecule has 0 saturated heterocycles. The molecule has 0 saturated carbocycles. The summed E-state index contributed by atoms with van der Waals surface area (Å²) in [6.07, 6.45) is -0.464. The number of carbonyl (C=O) groups is 1. The lowest BCUT2D eigenvalue weighted by Crippen LogP contribution is -2.22. The minimum atomic E-state index is -0.464. The quantitative estimate of drug-likeness (QED) is 0.887. The second kappa shape index (κ2) is 8.19. The molecular weight excluding hydrogens is 292 g/mol. The van der Waals surface area contributed by atoms with Crippen LogP contribution in [0.3, 0.4) is 0 Å². The van der Waals surface area contributed by atoms with E-state index in [9.17, 15) is 4.79 Å². The van der Waals surface area contributed by atoms with Crippen LogP contribution < -0.4 is 10.1 Å². The second-order valence-electron chi connectivity index (χ2n) is 5.31. The number of hydrogen-bond acceptors (Lipinski definition) is 4. The zero-order valence-electron chi connectivity index (χ0n) is 13.7. The van der Waals surface area contributed by atoms with Gasteiger partial charge in [0.05, 0.1) is 12.8 Å². The normalized spacial score (nSPS) is 10.4. The van der Waals surface area contributed by atoms with Crippen LogP contribution in [0, 0.1) is 0 Å². The third-order valence-electron chi connectivity index (χ3n) is 3.33. The van der Waals surface area contributed by atoms with Crippen LogP contribution in [-0.2, 0) is 4.74 Å². The maximum absolute atomic E-state index is 11.9. The van der Waals surface area contributed by atoms with Gasteiger partial charge in [0.25, 0.3) is 0 Å². The molecule has 0 aromatic heterocycles. The summed E-state index contributed by atoms with van der Waals surface area (Å²) in [5.41, 5.74) is 2.49. The molecule has 0 radical (unpaired) electrons. The first kappa shape index (κ1) is 16.8. The standard InChI is InChI=1S/C18H22N2O3/c1-20(2)12-13-23-18(21)19-16-10-6-4-8-14(16)15-9-5-7-11-17(15)22-3/h4-11H,12-13H2,1-3H3,(H,19,21). The second-order valence-corrected chi connectivity index (χ2v) is 5.31. The zero-order valence-corrected chi connectivity index (χ0v) is 13.7. The van der Waals surface area contributed by atoms with Crippen LogP contribution in [0.25, 0.3) is 11.1 Å². The van der Waals surface area contributed by atoms with Gasteiger partial charge >= 0.3 is 6.09 Å². The Labute approximate surface area is 136 Å².